The Hall–Kier alpha value is -2.15. The van der Waals surface area contributed by atoms with Crippen LogP contribution in [0.15, 0.2) is 17.1 Å². The SMILES string of the molecule is C[C@H](CC1CCCCC1)C(=O)N1CCC(O)(Cn2cc(C(=O)O)c(C3CC3)cc2=O)C2(CCCC2)C1. The highest BCUT2D eigenvalue weighted by Crippen LogP contribution is 2.52. The van der Waals surface area contributed by atoms with Crippen molar-refractivity contribution in [2.75, 3.05) is 13.1 Å². The van der Waals surface area contributed by atoms with E-state index in [2.05, 4.69) is 6.92 Å². The fraction of sp³-hybridized carbons (Fsp3) is 0.759. The number of amides is 1. The van der Waals surface area contributed by atoms with Gasteiger partial charge in [-0.05, 0) is 55.9 Å². The van der Waals surface area contributed by atoms with E-state index in [-0.39, 0.29) is 35.4 Å². The molecule has 2 atom stereocenters. The van der Waals surface area contributed by atoms with Crippen molar-refractivity contribution < 1.29 is 19.8 Å². The molecule has 2 N–H and O–H groups in total. The molecule has 1 unspecified atom stereocenters. The number of hydrogen-bond acceptors (Lipinski definition) is 4. The van der Waals surface area contributed by atoms with Gasteiger partial charge in [0.15, 0.2) is 0 Å². The molecule has 0 radical (unpaired) electrons. The predicted octanol–water partition coefficient (Wildman–Crippen LogP) is 4.55. The van der Waals surface area contributed by atoms with Gasteiger partial charge in [-0.2, -0.15) is 0 Å². The third-order valence-corrected chi connectivity index (χ3v) is 9.82. The molecule has 4 fully saturated rings. The van der Waals surface area contributed by atoms with Gasteiger partial charge in [0, 0.05) is 36.7 Å². The third-order valence-electron chi connectivity index (χ3n) is 9.82. The van der Waals surface area contributed by atoms with E-state index >= 15 is 0 Å². The van der Waals surface area contributed by atoms with Gasteiger partial charge in [0.25, 0.3) is 5.56 Å². The average Bonchev–Trinajstić information content (AvgIpc) is 3.60. The number of aromatic nitrogens is 1. The monoisotopic (exact) mass is 498 g/mol. The highest BCUT2D eigenvalue weighted by molar-refractivity contribution is 5.89. The molecule has 1 saturated heterocycles. The van der Waals surface area contributed by atoms with Crippen molar-refractivity contribution in [2.45, 2.75) is 108 Å². The first-order chi connectivity index (χ1) is 17.2. The Kier molecular flexibility index (Phi) is 7.05. The van der Waals surface area contributed by atoms with Gasteiger partial charge >= 0.3 is 5.97 Å². The number of rotatable bonds is 7. The third kappa shape index (κ3) is 4.88. The number of hydrogen-bond donors (Lipinski definition) is 2. The van der Waals surface area contributed by atoms with E-state index in [1.54, 1.807) is 0 Å². The first-order valence-corrected chi connectivity index (χ1v) is 14.2. The summed E-state index contributed by atoms with van der Waals surface area (Å²) >= 11 is 0. The average molecular weight is 499 g/mol. The van der Waals surface area contributed by atoms with Crippen LogP contribution in [-0.2, 0) is 11.3 Å². The molecule has 3 aliphatic carbocycles. The number of pyridine rings is 1. The number of aromatic carboxylic acids is 1. The van der Waals surface area contributed by atoms with Crippen LogP contribution < -0.4 is 5.56 Å². The zero-order valence-corrected chi connectivity index (χ0v) is 21.7. The molecule has 5 rings (SSSR count). The van der Waals surface area contributed by atoms with Gasteiger partial charge in [-0.1, -0.05) is 51.9 Å². The van der Waals surface area contributed by atoms with Gasteiger partial charge in [0.2, 0.25) is 5.91 Å². The number of carboxylic acid groups (broad SMARTS) is 1. The number of aliphatic hydroxyl groups is 1. The van der Waals surface area contributed by atoms with Crippen LogP contribution in [0, 0.1) is 17.3 Å². The van der Waals surface area contributed by atoms with Crippen molar-refractivity contribution in [3.63, 3.8) is 0 Å². The molecule has 7 heteroatoms. The molecule has 1 aromatic rings. The van der Waals surface area contributed by atoms with Crippen LogP contribution in [0.5, 0.6) is 0 Å². The summed E-state index contributed by atoms with van der Waals surface area (Å²) in [6.45, 7) is 3.15. The molecule has 36 heavy (non-hydrogen) atoms. The number of carbonyl (C=O) groups excluding carboxylic acids is 1. The fourth-order valence-corrected chi connectivity index (χ4v) is 7.53. The standard InChI is InChI=1S/C29H42N2O5/c1-20(15-21-7-3-2-4-8-21)26(33)30-14-13-29(36,28(18-30)11-5-6-12-28)19-31-17-24(27(34)35)23(16-25(31)32)22-9-10-22/h16-17,20-22,36H,2-15,18-19H2,1H3,(H,34,35)/t20-,29?/m1/s1. The lowest BCUT2D eigenvalue weighted by Crippen LogP contribution is -2.62. The van der Waals surface area contributed by atoms with Gasteiger partial charge in [0.1, 0.15) is 0 Å². The minimum Gasteiger partial charge on any atom is -0.478 e. The first kappa shape index (κ1) is 25.5. The molecular weight excluding hydrogens is 456 g/mol. The predicted molar refractivity (Wildman–Crippen MR) is 137 cm³/mol. The number of carboxylic acids is 1. The van der Waals surface area contributed by atoms with Gasteiger partial charge in [-0.15, -0.1) is 0 Å². The Morgan fingerprint density at radius 1 is 1.06 bits per heavy atom. The Morgan fingerprint density at radius 2 is 1.75 bits per heavy atom. The van der Waals surface area contributed by atoms with Crippen molar-refractivity contribution in [2.24, 2.45) is 17.3 Å². The Morgan fingerprint density at radius 3 is 2.39 bits per heavy atom. The second-order valence-electron chi connectivity index (χ2n) is 12.4. The van der Waals surface area contributed by atoms with Crippen LogP contribution in [-0.4, -0.2) is 50.2 Å². The highest BCUT2D eigenvalue weighted by atomic mass is 16.4. The molecule has 1 aliphatic heterocycles. The topological polar surface area (TPSA) is 99.8 Å². The summed E-state index contributed by atoms with van der Waals surface area (Å²) in [6.07, 6.45) is 14.6. The molecule has 1 spiro atoms. The molecule has 1 amide bonds. The van der Waals surface area contributed by atoms with E-state index in [0.29, 0.717) is 31.0 Å². The molecule has 7 nitrogen and oxygen atoms in total. The first-order valence-electron chi connectivity index (χ1n) is 14.2. The summed E-state index contributed by atoms with van der Waals surface area (Å²) in [4.78, 5) is 40.4. The highest BCUT2D eigenvalue weighted by Gasteiger charge is 2.56. The van der Waals surface area contributed by atoms with Gasteiger partial charge in [-0.3, -0.25) is 9.59 Å². The summed E-state index contributed by atoms with van der Waals surface area (Å²) in [5, 5.41) is 21.8. The molecular formula is C29H42N2O5. The number of likely N-dealkylation sites (tertiary alicyclic amines) is 1. The summed E-state index contributed by atoms with van der Waals surface area (Å²) in [6, 6.07) is 1.47. The van der Waals surface area contributed by atoms with Crippen LogP contribution in [0.3, 0.4) is 0 Å². The van der Waals surface area contributed by atoms with E-state index in [1.165, 1.54) is 48.9 Å². The van der Waals surface area contributed by atoms with Crippen LogP contribution >= 0.6 is 0 Å². The van der Waals surface area contributed by atoms with Crippen molar-refractivity contribution in [3.05, 3.63) is 33.7 Å². The lowest BCUT2D eigenvalue weighted by Gasteiger charge is -2.53. The quantitative estimate of drug-likeness (QED) is 0.574. The van der Waals surface area contributed by atoms with Crippen molar-refractivity contribution in [1.82, 2.24) is 9.47 Å². The van der Waals surface area contributed by atoms with E-state index in [1.807, 2.05) is 4.90 Å². The lowest BCUT2D eigenvalue weighted by atomic mass is 9.65. The molecule has 2 heterocycles. The second kappa shape index (κ2) is 9.96. The summed E-state index contributed by atoms with van der Waals surface area (Å²) in [5.41, 5.74) is -1.05. The van der Waals surface area contributed by atoms with E-state index in [4.69, 9.17) is 0 Å². The molecule has 3 saturated carbocycles. The fourth-order valence-electron chi connectivity index (χ4n) is 7.53. The Balaban J connectivity index is 1.34. The molecule has 198 valence electrons. The summed E-state index contributed by atoms with van der Waals surface area (Å²) < 4.78 is 1.42. The Labute approximate surface area is 213 Å². The van der Waals surface area contributed by atoms with Gasteiger partial charge in [-0.25, -0.2) is 4.79 Å². The molecule has 0 bridgehead atoms. The maximum Gasteiger partial charge on any atom is 0.337 e. The molecule has 4 aliphatic rings. The van der Waals surface area contributed by atoms with Crippen LogP contribution in [0.2, 0.25) is 0 Å². The van der Waals surface area contributed by atoms with Crippen LogP contribution in [0.4, 0.5) is 0 Å². The van der Waals surface area contributed by atoms with E-state index in [0.717, 1.165) is 44.9 Å². The maximum absolute atomic E-state index is 13.5. The number of piperidine rings is 1. The molecule has 0 aromatic carbocycles. The minimum atomic E-state index is -1.15. The van der Waals surface area contributed by atoms with E-state index < -0.39 is 17.0 Å². The normalized spacial score (nSPS) is 27.3. The van der Waals surface area contributed by atoms with E-state index in [9.17, 15) is 24.6 Å². The maximum atomic E-state index is 13.5. The van der Waals surface area contributed by atoms with Crippen LogP contribution in [0.1, 0.15) is 112 Å². The minimum absolute atomic E-state index is 0.00606. The zero-order chi connectivity index (χ0) is 25.5. The number of nitrogens with zero attached hydrogens (tertiary/aromatic N) is 2. The van der Waals surface area contributed by atoms with Crippen molar-refractivity contribution in [1.29, 1.82) is 0 Å². The van der Waals surface area contributed by atoms with Crippen molar-refractivity contribution in [3.8, 4) is 0 Å². The summed E-state index contributed by atoms with van der Waals surface area (Å²) in [7, 11) is 0. The molecule has 1 aromatic heterocycles. The number of carbonyl (C=O) groups is 2. The van der Waals surface area contributed by atoms with Crippen molar-refractivity contribution >= 4 is 11.9 Å². The van der Waals surface area contributed by atoms with Gasteiger partial charge in [0.05, 0.1) is 17.7 Å². The summed E-state index contributed by atoms with van der Waals surface area (Å²) in [5.74, 6) is -0.0246. The largest absolute Gasteiger partial charge is 0.478 e. The smallest absolute Gasteiger partial charge is 0.337 e. The van der Waals surface area contributed by atoms with Crippen LogP contribution in [0.25, 0.3) is 0 Å². The van der Waals surface area contributed by atoms with Gasteiger partial charge < -0.3 is 19.7 Å². The lowest BCUT2D eigenvalue weighted by molar-refractivity contribution is -0.163. The Bertz CT molecular complexity index is 1050. The second-order valence-corrected chi connectivity index (χ2v) is 12.4. The zero-order valence-electron chi connectivity index (χ0n) is 21.7.